The van der Waals surface area contributed by atoms with Gasteiger partial charge in [0.15, 0.2) is 0 Å². The highest BCUT2D eigenvalue weighted by atomic mass is 16.5. The highest BCUT2D eigenvalue weighted by Crippen LogP contribution is 2.21. The molecule has 0 aliphatic rings. The minimum Gasteiger partial charge on any atom is -0.495 e. The molecule has 3 N–H and O–H groups in total. The Morgan fingerprint density at radius 2 is 2.10 bits per heavy atom. The van der Waals surface area contributed by atoms with E-state index in [4.69, 9.17) is 15.2 Å². The molecule has 0 unspecified atom stereocenters. The Balaban J connectivity index is 2.32. The van der Waals surface area contributed by atoms with Crippen molar-refractivity contribution >= 4 is 11.6 Å². The Labute approximate surface area is 119 Å². The summed E-state index contributed by atoms with van der Waals surface area (Å²) in [6.07, 6.45) is 0. The summed E-state index contributed by atoms with van der Waals surface area (Å²) in [4.78, 5) is 13.9. The molecule has 0 aromatic heterocycles. The SMILES string of the molecule is COc1cc(C(=O)NCCOCCN(C)C)ccc1N. The lowest BCUT2D eigenvalue weighted by molar-refractivity contribution is 0.0900. The number of nitrogens with two attached hydrogens (primary N) is 1. The van der Waals surface area contributed by atoms with Crippen LogP contribution in [0.2, 0.25) is 0 Å². The molecule has 0 radical (unpaired) electrons. The van der Waals surface area contributed by atoms with Crippen molar-refractivity contribution in [1.82, 2.24) is 10.2 Å². The number of nitrogens with zero attached hydrogens (tertiary/aromatic N) is 1. The number of carbonyl (C=O) groups excluding carboxylic acids is 1. The van der Waals surface area contributed by atoms with Gasteiger partial charge in [-0.2, -0.15) is 0 Å². The second kappa shape index (κ2) is 8.39. The van der Waals surface area contributed by atoms with E-state index in [9.17, 15) is 4.79 Å². The van der Waals surface area contributed by atoms with Gasteiger partial charge in [0.2, 0.25) is 0 Å². The number of amides is 1. The molecule has 1 aromatic carbocycles. The third kappa shape index (κ3) is 5.46. The van der Waals surface area contributed by atoms with Crippen molar-refractivity contribution in [2.75, 3.05) is 53.2 Å². The van der Waals surface area contributed by atoms with Crippen LogP contribution in [0.3, 0.4) is 0 Å². The summed E-state index contributed by atoms with van der Waals surface area (Å²) in [5.41, 5.74) is 6.73. The van der Waals surface area contributed by atoms with E-state index < -0.39 is 0 Å². The third-order valence-corrected chi connectivity index (χ3v) is 2.71. The Morgan fingerprint density at radius 3 is 2.75 bits per heavy atom. The van der Waals surface area contributed by atoms with E-state index in [1.807, 2.05) is 19.0 Å². The molecular weight excluding hydrogens is 258 g/mol. The van der Waals surface area contributed by atoms with E-state index in [0.29, 0.717) is 36.8 Å². The number of nitrogens with one attached hydrogen (secondary N) is 1. The topological polar surface area (TPSA) is 76.8 Å². The van der Waals surface area contributed by atoms with Crippen LogP contribution in [-0.2, 0) is 4.74 Å². The molecule has 0 bridgehead atoms. The predicted molar refractivity (Wildman–Crippen MR) is 79.1 cm³/mol. The monoisotopic (exact) mass is 281 g/mol. The Bertz CT molecular complexity index is 436. The first-order valence-corrected chi connectivity index (χ1v) is 6.48. The zero-order valence-corrected chi connectivity index (χ0v) is 12.3. The molecular formula is C14H23N3O3. The first-order chi connectivity index (χ1) is 9.54. The fourth-order valence-electron chi connectivity index (χ4n) is 1.54. The Morgan fingerprint density at radius 1 is 1.35 bits per heavy atom. The van der Waals surface area contributed by atoms with Crippen molar-refractivity contribution in [3.63, 3.8) is 0 Å². The fourth-order valence-corrected chi connectivity index (χ4v) is 1.54. The molecule has 1 rings (SSSR count). The summed E-state index contributed by atoms with van der Waals surface area (Å²) >= 11 is 0. The number of likely N-dealkylation sites (N-methyl/N-ethyl adjacent to an activating group) is 1. The molecule has 112 valence electrons. The van der Waals surface area contributed by atoms with E-state index in [2.05, 4.69) is 5.32 Å². The van der Waals surface area contributed by atoms with Gasteiger partial charge in [0.05, 0.1) is 26.0 Å². The van der Waals surface area contributed by atoms with E-state index in [0.717, 1.165) is 6.54 Å². The number of ether oxygens (including phenoxy) is 2. The van der Waals surface area contributed by atoms with Gasteiger partial charge in [-0.1, -0.05) is 0 Å². The van der Waals surface area contributed by atoms with E-state index in [1.54, 1.807) is 18.2 Å². The van der Waals surface area contributed by atoms with Gasteiger partial charge < -0.3 is 25.4 Å². The standard InChI is InChI=1S/C14H23N3O3/c1-17(2)7-9-20-8-6-16-14(18)11-4-5-12(15)13(10-11)19-3/h4-5,10H,6-9,15H2,1-3H3,(H,16,18). The van der Waals surface area contributed by atoms with Crippen LogP contribution in [0.25, 0.3) is 0 Å². The van der Waals surface area contributed by atoms with Gasteiger partial charge >= 0.3 is 0 Å². The smallest absolute Gasteiger partial charge is 0.251 e. The van der Waals surface area contributed by atoms with Gasteiger partial charge in [0.1, 0.15) is 5.75 Å². The number of carbonyl (C=O) groups is 1. The van der Waals surface area contributed by atoms with Gasteiger partial charge in [-0.25, -0.2) is 0 Å². The fraction of sp³-hybridized carbons (Fsp3) is 0.500. The highest BCUT2D eigenvalue weighted by molar-refractivity contribution is 5.95. The molecule has 0 aliphatic carbocycles. The maximum atomic E-state index is 11.9. The van der Waals surface area contributed by atoms with Gasteiger partial charge in [-0.3, -0.25) is 4.79 Å². The molecule has 6 heteroatoms. The number of rotatable bonds is 8. The summed E-state index contributed by atoms with van der Waals surface area (Å²) < 4.78 is 10.5. The zero-order chi connectivity index (χ0) is 15.0. The third-order valence-electron chi connectivity index (χ3n) is 2.71. The van der Waals surface area contributed by atoms with Crippen LogP contribution in [-0.4, -0.2) is 58.3 Å². The van der Waals surface area contributed by atoms with Gasteiger partial charge in [0, 0.05) is 18.7 Å². The van der Waals surface area contributed by atoms with E-state index in [-0.39, 0.29) is 5.91 Å². The second-order valence-electron chi connectivity index (χ2n) is 4.63. The maximum Gasteiger partial charge on any atom is 0.251 e. The van der Waals surface area contributed by atoms with Gasteiger partial charge in [0.25, 0.3) is 5.91 Å². The summed E-state index contributed by atoms with van der Waals surface area (Å²) in [5.74, 6) is 0.333. The number of methoxy groups -OCH3 is 1. The highest BCUT2D eigenvalue weighted by Gasteiger charge is 2.08. The summed E-state index contributed by atoms with van der Waals surface area (Å²) in [6.45, 7) is 2.48. The zero-order valence-electron chi connectivity index (χ0n) is 12.3. The minimum absolute atomic E-state index is 0.167. The first-order valence-electron chi connectivity index (χ1n) is 6.48. The lowest BCUT2D eigenvalue weighted by Crippen LogP contribution is -2.28. The molecule has 1 aromatic rings. The minimum atomic E-state index is -0.167. The quantitative estimate of drug-likeness (QED) is 0.538. The Kier molecular flexibility index (Phi) is 6.83. The average molecular weight is 281 g/mol. The summed E-state index contributed by atoms with van der Waals surface area (Å²) in [6, 6.07) is 4.94. The predicted octanol–water partition coefficient (Wildman–Crippen LogP) is 0.585. The van der Waals surface area contributed by atoms with E-state index in [1.165, 1.54) is 7.11 Å². The number of hydrogen-bond acceptors (Lipinski definition) is 5. The maximum absolute atomic E-state index is 11.9. The van der Waals surface area contributed by atoms with Crippen LogP contribution in [0.1, 0.15) is 10.4 Å². The number of anilines is 1. The molecule has 0 saturated carbocycles. The van der Waals surface area contributed by atoms with Crippen LogP contribution in [0.5, 0.6) is 5.75 Å². The van der Waals surface area contributed by atoms with Crippen LogP contribution < -0.4 is 15.8 Å². The van der Waals surface area contributed by atoms with Crippen LogP contribution in [0.15, 0.2) is 18.2 Å². The molecule has 1 amide bonds. The van der Waals surface area contributed by atoms with Crippen molar-refractivity contribution in [3.05, 3.63) is 23.8 Å². The normalized spacial score (nSPS) is 10.6. The molecule has 0 saturated heterocycles. The molecule has 0 aliphatic heterocycles. The molecule has 0 atom stereocenters. The van der Waals surface area contributed by atoms with Gasteiger partial charge in [-0.05, 0) is 32.3 Å². The van der Waals surface area contributed by atoms with Crippen molar-refractivity contribution in [3.8, 4) is 5.75 Å². The molecule has 6 nitrogen and oxygen atoms in total. The molecule has 20 heavy (non-hydrogen) atoms. The second-order valence-corrected chi connectivity index (χ2v) is 4.63. The number of hydrogen-bond donors (Lipinski definition) is 2. The summed E-state index contributed by atoms with van der Waals surface area (Å²) in [5, 5.41) is 2.78. The lowest BCUT2D eigenvalue weighted by atomic mass is 10.2. The number of nitrogen functional groups attached to an aromatic ring is 1. The largest absolute Gasteiger partial charge is 0.495 e. The van der Waals surface area contributed by atoms with E-state index >= 15 is 0 Å². The van der Waals surface area contributed by atoms with Crippen LogP contribution in [0.4, 0.5) is 5.69 Å². The molecule has 0 heterocycles. The average Bonchev–Trinajstić information content (AvgIpc) is 2.42. The van der Waals surface area contributed by atoms with Crippen LogP contribution >= 0.6 is 0 Å². The summed E-state index contributed by atoms with van der Waals surface area (Å²) in [7, 11) is 5.49. The van der Waals surface area contributed by atoms with Crippen molar-refractivity contribution in [1.29, 1.82) is 0 Å². The van der Waals surface area contributed by atoms with Crippen molar-refractivity contribution < 1.29 is 14.3 Å². The Hall–Kier alpha value is -1.79. The van der Waals surface area contributed by atoms with Crippen molar-refractivity contribution in [2.24, 2.45) is 0 Å². The molecule has 0 spiro atoms. The van der Waals surface area contributed by atoms with Gasteiger partial charge in [-0.15, -0.1) is 0 Å². The van der Waals surface area contributed by atoms with Crippen molar-refractivity contribution in [2.45, 2.75) is 0 Å². The van der Waals surface area contributed by atoms with Crippen LogP contribution in [0, 0.1) is 0 Å². The lowest BCUT2D eigenvalue weighted by Gasteiger charge is -2.11. The first kappa shape index (κ1) is 16.3. The molecule has 0 fully saturated rings. The number of benzene rings is 1.